The molecule has 0 fully saturated rings. The molecule has 0 unspecified atom stereocenters. The van der Waals surface area contributed by atoms with Gasteiger partial charge < -0.3 is 0 Å². The largest absolute Gasteiger partial charge is 0.175 e. The normalized spacial score (nSPS) is 10.8. The molecule has 0 rings (SSSR count). The van der Waals surface area contributed by atoms with E-state index < -0.39 is 0 Å². The topological polar surface area (TPSA) is 0 Å². The van der Waals surface area contributed by atoms with Crippen LogP contribution in [0, 0.1) is 0 Å². The molecular formula is C6H12S2. The standard InChI is InChI=1S/C6H12S2/c1-2-8-6-4-3-5-7/h3-4,7H,2,5-6H2,1H3/b4-3+. The lowest BCUT2D eigenvalue weighted by Gasteiger charge is -1.86. The van der Waals surface area contributed by atoms with Gasteiger partial charge in [-0.1, -0.05) is 19.1 Å². The molecule has 0 radical (unpaired) electrons. The lowest BCUT2D eigenvalue weighted by Crippen LogP contribution is -1.71. The first-order valence-electron chi connectivity index (χ1n) is 2.75. The average Bonchev–Trinajstić information content (AvgIpc) is 1.81. The highest BCUT2D eigenvalue weighted by Crippen LogP contribution is 1.97. The summed E-state index contributed by atoms with van der Waals surface area (Å²) in [5.41, 5.74) is 0. The molecule has 0 bridgehead atoms. The minimum Gasteiger partial charge on any atom is -0.175 e. The van der Waals surface area contributed by atoms with Crippen molar-refractivity contribution in [1.29, 1.82) is 0 Å². The first kappa shape index (κ1) is 8.44. The predicted octanol–water partition coefficient (Wildman–Crippen LogP) is 2.23. The maximum absolute atomic E-state index is 4.03. The van der Waals surface area contributed by atoms with Gasteiger partial charge in [-0.15, -0.1) is 0 Å². The molecule has 0 aromatic carbocycles. The summed E-state index contributed by atoms with van der Waals surface area (Å²) in [6.45, 7) is 2.17. The summed E-state index contributed by atoms with van der Waals surface area (Å²) < 4.78 is 0. The zero-order chi connectivity index (χ0) is 6.24. The Labute approximate surface area is 61.2 Å². The van der Waals surface area contributed by atoms with Crippen molar-refractivity contribution < 1.29 is 0 Å². The Kier molecular flexibility index (Phi) is 7.85. The first-order valence-corrected chi connectivity index (χ1v) is 4.54. The van der Waals surface area contributed by atoms with Gasteiger partial charge in [-0.05, 0) is 5.75 Å². The van der Waals surface area contributed by atoms with E-state index in [-0.39, 0.29) is 0 Å². The van der Waals surface area contributed by atoms with Crippen molar-refractivity contribution in [2.45, 2.75) is 6.92 Å². The predicted molar refractivity (Wildman–Crippen MR) is 46.0 cm³/mol. The van der Waals surface area contributed by atoms with Crippen LogP contribution in [-0.4, -0.2) is 17.3 Å². The summed E-state index contributed by atoms with van der Waals surface area (Å²) >= 11 is 5.95. The molecule has 0 amide bonds. The highest BCUT2D eigenvalue weighted by Gasteiger charge is 1.74. The van der Waals surface area contributed by atoms with Gasteiger partial charge in [0.05, 0.1) is 0 Å². The minimum atomic E-state index is 0.865. The lowest BCUT2D eigenvalue weighted by atomic mass is 10.6. The van der Waals surface area contributed by atoms with Crippen molar-refractivity contribution >= 4 is 24.4 Å². The summed E-state index contributed by atoms with van der Waals surface area (Å²) in [7, 11) is 0. The Morgan fingerprint density at radius 3 is 2.75 bits per heavy atom. The second kappa shape index (κ2) is 7.44. The monoisotopic (exact) mass is 148 g/mol. The van der Waals surface area contributed by atoms with E-state index in [0.717, 1.165) is 11.5 Å². The quantitative estimate of drug-likeness (QED) is 0.362. The van der Waals surface area contributed by atoms with E-state index in [0.29, 0.717) is 0 Å². The zero-order valence-corrected chi connectivity index (χ0v) is 6.84. The van der Waals surface area contributed by atoms with Crippen LogP contribution in [0.1, 0.15) is 6.92 Å². The van der Waals surface area contributed by atoms with E-state index in [2.05, 4.69) is 31.7 Å². The van der Waals surface area contributed by atoms with E-state index in [9.17, 15) is 0 Å². The molecule has 0 heterocycles. The van der Waals surface area contributed by atoms with Crippen LogP contribution in [0.25, 0.3) is 0 Å². The summed E-state index contributed by atoms with van der Waals surface area (Å²) in [4.78, 5) is 0. The Balaban J connectivity index is 2.80. The molecule has 0 aliphatic carbocycles. The van der Waals surface area contributed by atoms with Gasteiger partial charge in [-0.3, -0.25) is 0 Å². The van der Waals surface area contributed by atoms with Crippen molar-refractivity contribution in [2.75, 3.05) is 17.3 Å². The van der Waals surface area contributed by atoms with Gasteiger partial charge >= 0.3 is 0 Å². The second-order valence-electron chi connectivity index (χ2n) is 1.31. The van der Waals surface area contributed by atoms with E-state index >= 15 is 0 Å². The van der Waals surface area contributed by atoms with Gasteiger partial charge in [0.25, 0.3) is 0 Å². The van der Waals surface area contributed by atoms with Crippen LogP contribution in [0.3, 0.4) is 0 Å². The van der Waals surface area contributed by atoms with Crippen molar-refractivity contribution in [1.82, 2.24) is 0 Å². The maximum atomic E-state index is 4.03. The van der Waals surface area contributed by atoms with Crippen molar-refractivity contribution in [3.63, 3.8) is 0 Å². The molecule has 0 saturated carbocycles. The van der Waals surface area contributed by atoms with E-state index in [1.807, 2.05) is 11.8 Å². The molecule has 2 heteroatoms. The second-order valence-corrected chi connectivity index (χ2v) is 3.00. The highest BCUT2D eigenvalue weighted by molar-refractivity contribution is 7.99. The van der Waals surface area contributed by atoms with Crippen LogP contribution in [0.5, 0.6) is 0 Å². The molecule has 0 aliphatic rings. The van der Waals surface area contributed by atoms with Gasteiger partial charge in [-0.2, -0.15) is 24.4 Å². The number of hydrogen-bond acceptors (Lipinski definition) is 2. The van der Waals surface area contributed by atoms with Crippen LogP contribution in [0.2, 0.25) is 0 Å². The van der Waals surface area contributed by atoms with E-state index in [1.54, 1.807) is 0 Å². The van der Waals surface area contributed by atoms with Crippen LogP contribution >= 0.6 is 24.4 Å². The van der Waals surface area contributed by atoms with Crippen molar-refractivity contribution in [3.05, 3.63) is 12.2 Å². The fourth-order valence-corrected chi connectivity index (χ4v) is 0.985. The maximum Gasteiger partial charge on any atom is 0.0113 e. The Morgan fingerprint density at radius 1 is 1.50 bits per heavy atom. The van der Waals surface area contributed by atoms with Gasteiger partial charge in [0, 0.05) is 11.5 Å². The third-order valence-electron chi connectivity index (χ3n) is 0.690. The molecule has 0 aliphatic heterocycles. The van der Waals surface area contributed by atoms with Crippen molar-refractivity contribution in [3.8, 4) is 0 Å². The molecule has 0 N–H and O–H groups in total. The van der Waals surface area contributed by atoms with E-state index in [1.165, 1.54) is 5.75 Å². The number of hydrogen-bond donors (Lipinski definition) is 1. The SMILES string of the molecule is CCSC/C=C/CS. The third-order valence-corrected chi connectivity index (χ3v) is 1.74. The zero-order valence-electron chi connectivity index (χ0n) is 5.13. The van der Waals surface area contributed by atoms with Crippen LogP contribution in [-0.2, 0) is 0 Å². The molecule has 0 saturated heterocycles. The van der Waals surface area contributed by atoms with Crippen LogP contribution in [0.4, 0.5) is 0 Å². The Hall–Kier alpha value is 0.440. The smallest absolute Gasteiger partial charge is 0.0113 e. The fourth-order valence-electron chi connectivity index (χ4n) is 0.328. The number of thioether (sulfide) groups is 1. The van der Waals surface area contributed by atoms with Gasteiger partial charge in [0.15, 0.2) is 0 Å². The Bertz CT molecular complexity index is 59.5. The van der Waals surface area contributed by atoms with E-state index in [4.69, 9.17) is 0 Å². The van der Waals surface area contributed by atoms with Crippen LogP contribution < -0.4 is 0 Å². The molecule has 0 aromatic heterocycles. The molecule has 48 valence electrons. The van der Waals surface area contributed by atoms with Crippen LogP contribution in [0.15, 0.2) is 12.2 Å². The highest BCUT2D eigenvalue weighted by atomic mass is 32.2. The molecule has 0 atom stereocenters. The molecule has 8 heavy (non-hydrogen) atoms. The third kappa shape index (κ3) is 6.44. The molecule has 0 spiro atoms. The number of thiol groups is 1. The molecule has 0 aromatic rings. The summed E-state index contributed by atoms with van der Waals surface area (Å²) in [6.07, 6.45) is 4.23. The van der Waals surface area contributed by atoms with Crippen molar-refractivity contribution in [2.24, 2.45) is 0 Å². The minimum absolute atomic E-state index is 0.865. The summed E-state index contributed by atoms with van der Waals surface area (Å²) in [5, 5.41) is 0. The average molecular weight is 148 g/mol. The molecular weight excluding hydrogens is 136 g/mol. The summed E-state index contributed by atoms with van der Waals surface area (Å²) in [5.74, 6) is 3.21. The fraction of sp³-hybridized carbons (Fsp3) is 0.667. The van der Waals surface area contributed by atoms with Gasteiger partial charge in [-0.25, -0.2) is 0 Å². The number of rotatable bonds is 4. The summed E-state index contributed by atoms with van der Waals surface area (Å²) in [6, 6.07) is 0. The Morgan fingerprint density at radius 2 is 2.25 bits per heavy atom. The lowest BCUT2D eigenvalue weighted by molar-refractivity contribution is 1.51. The first-order chi connectivity index (χ1) is 3.91. The van der Waals surface area contributed by atoms with Gasteiger partial charge in [0.1, 0.15) is 0 Å². The molecule has 0 nitrogen and oxygen atoms in total. The van der Waals surface area contributed by atoms with Gasteiger partial charge in [0.2, 0.25) is 0 Å².